The number of benzene rings is 1. The highest BCUT2D eigenvalue weighted by Crippen LogP contribution is 2.36. The van der Waals surface area contributed by atoms with E-state index in [0.717, 1.165) is 5.56 Å². The van der Waals surface area contributed by atoms with Crippen molar-refractivity contribution in [3.05, 3.63) is 62.9 Å². The summed E-state index contributed by atoms with van der Waals surface area (Å²) in [7, 11) is 0. The van der Waals surface area contributed by atoms with Gasteiger partial charge in [0.15, 0.2) is 0 Å². The van der Waals surface area contributed by atoms with Crippen molar-refractivity contribution in [1.29, 1.82) is 0 Å². The third-order valence-corrected chi connectivity index (χ3v) is 4.46. The molecule has 0 bridgehead atoms. The Bertz CT molecular complexity index is 870. The highest BCUT2D eigenvalue weighted by molar-refractivity contribution is 6.49. The maximum Gasteiger partial charge on any atom is 0.227 e. The maximum absolute atomic E-state index is 6.17. The highest BCUT2D eigenvalue weighted by atomic mass is 35.5. The molecule has 0 aliphatic carbocycles. The molecule has 2 heterocycles. The number of hydrogen-bond acceptors (Lipinski definition) is 4. The van der Waals surface area contributed by atoms with Crippen molar-refractivity contribution in [2.75, 3.05) is 5.32 Å². The molecule has 0 spiro atoms. The molecule has 4 nitrogen and oxygen atoms in total. The average Bonchev–Trinajstić information content (AvgIpc) is 2.56. The lowest BCUT2D eigenvalue weighted by molar-refractivity contribution is 1.17. The Kier molecular flexibility index (Phi) is 4.87. The molecule has 0 aliphatic heterocycles. The van der Waals surface area contributed by atoms with Crippen molar-refractivity contribution in [2.24, 2.45) is 0 Å². The topological polar surface area (TPSA) is 50.7 Å². The fourth-order valence-corrected chi connectivity index (χ4v) is 2.64. The molecule has 2 aromatic heterocycles. The lowest BCUT2D eigenvalue weighted by Gasteiger charge is -2.10. The predicted octanol–water partition coefficient (Wildman–Crippen LogP) is 5.90. The zero-order chi connectivity index (χ0) is 16.4. The molecule has 23 heavy (non-hydrogen) atoms. The Hall–Kier alpha value is -1.59. The molecule has 8 heteroatoms. The summed E-state index contributed by atoms with van der Waals surface area (Å²) in [6.45, 7) is 0. The summed E-state index contributed by atoms with van der Waals surface area (Å²) in [6, 6.07) is 8.65. The van der Waals surface area contributed by atoms with Crippen LogP contribution in [0.3, 0.4) is 0 Å². The smallest absolute Gasteiger partial charge is 0.227 e. The number of pyridine rings is 1. The van der Waals surface area contributed by atoms with Crippen molar-refractivity contribution in [3.8, 4) is 11.3 Å². The number of nitrogens with zero attached hydrogens (tertiary/aromatic N) is 3. The Morgan fingerprint density at radius 3 is 2.39 bits per heavy atom. The average molecular weight is 386 g/mol. The third kappa shape index (κ3) is 3.67. The van der Waals surface area contributed by atoms with E-state index < -0.39 is 0 Å². The van der Waals surface area contributed by atoms with E-state index in [1.807, 2.05) is 6.07 Å². The van der Waals surface area contributed by atoms with E-state index in [1.165, 1.54) is 0 Å². The van der Waals surface area contributed by atoms with Crippen LogP contribution in [0.25, 0.3) is 11.3 Å². The second-order valence-corrected chi connectivity index (χ2v) is 6.03. The Labute approximate surface area is 152 Å². The van der Waals surface area contributed by atoms with Gasteiger partial charge in [0.1, 0.15) is 5.15 Å². The van der Waals surface area contributed by atoms with Gasteiger partial charge in [0.25, 0.3) is 0 Å². The molecule has 3 rings (SSSR count). The van der Waals surface area contributed by atoms with Gasteiger partial charge < -0.3 is 5.32 Å². The number of halogens is 4. The molecule has 0 fully saturated rings. The van der Waals surface area contributed by atoms with E-state index in [2.05, 4.69) is 20.3 Å². The van der Waals surface area contributed by atoms with Crippen molar-refractivity contribution in [1.82, 2.24) is 15.0 Å². The maximum atomic E-state index is 6.17. The summed E-state index contributed by atoms with van der Waals surface area (Å²) in [5, 5.41) is 4.37. The van der Waals surface area contributed by atoms with Gasteiger partial charge >= 0.3 is 0 Å². The first-order valence-electron chi connectivity index (χ1n) is 6.40. The van der Waals surface area contributed by atoms with Gasteiger partial charge in [0.05, 0.1) is 26.4 Å². The van der Waals surface area contributed by atoms with Crippen LogP contribution in [-0.4, -0.2) is 15.0 Å². The Morgan fingerprint density at radius 1 is 0.826 bits per heavy atom. The van der Waals surface area contributed by atoms with Crippen LogP contribution in [0.1, 0.15) is 0 Å². The summed E-state index contributed by atoms with van der Waals surface area (Å²) in [5.41, 5.74) is 2.09. The number of anilines is 2. The third-order valence-electron chi connectivity index (χ3n) is 2.96. The number of aromatic nitrogens is 3. The van der Waals surface area contributed by atoms with Gasteiger partial charge in [-0.25, -0.2) is 15.0 Å². The van der Waals surface area contributed by atoms with Crippen LogP contribution in [0.5, 0.6) is 0 Å². The van der Waals surface area contributed by atoms with E-state index in [4.69, 9.17) is 46.4 Å². The minimum absolute atomic E-state index is 0.274. The predicted molar refractivity (Wildman–Crippen MR) is 95.0 cm³/mol. The molecule has 0 unspecified atom stereocenters. The fourth-order valence-electron chi connectivity index (χ4n) is 1.88. The lowest BCUT2D eigenvalue weighted by Crippen LogP contribution is -1.99. The zero-order valence-corrected chi connectivity index (χ0v) is 14.4. The molecule has 116 valence electrons. The van der Waals surface area contributed by atoms with Crippen LogP contribution in [-0.2, 0) is 0 Å². The molecule has 0 aliphatic rings. The van der Waals surface area contributed by atoms with Crippen molar-refractivity contribution in [2.45, 2.75) is 0 Å². The zero-order valence-electron chi connectivity index (χ0n) is 11.4. The van der Waals surface area contributed by atoms with Crippen LogP contribution < -0.4 is 5.32 Å². The van der Waals surface area contributed by atoms with Crippen molar-refractivity contribution < 1.29 is 0 Å². The van der Waals surface area contributed by atoms with Gasteiger partial charge in [-0.15, -0.1) is 0 Å². The summed E-state index contributed by atoms with van der Waals surface area (Å²) in [4.78, 5) is 12.5. The second kappa shape index (κ2) is 6.89. The quantitative estimate of drug-likeness (QED) is 0.450. The number of hydrogen-bond donors (Lipinski definition) is 1. The van der Waals surface area contributed by atoms with Gasteiger partial charge in [0, 0.05) is 18.0 Å². The molecule has 0 saturated heterocycles. The molecule has 3 aromatic rings. The van der Waals surface area contributed by atoms with E-state index in [0.29, 0.717) is 32.5 Å². The van der Waals surface area contributed by atoms with Crippen molar-refractivity contribution >= 4 is 58.0 Å². The molecule has 1 N–H and O–H groups in total. The van der Waals surface area contributed by atoms with Gasteiger partial charge in [0.2, 0.25) is 5.95 Å². The minimum atomic E-state index is 0.274. The monoisotopic (exact) mass is 384 g/mol. The number of rotatable bonds is 3. The first kappa shape index (κ1) is 16.3. The van der Waals surface area contributed by atoms with E-state index in [1.54, 1.807) is 36.7 Å². The van der Waals surface area contributed by atoms with Crippen LogP contribution in [0.4, 0.5) is 11.6 Å². The van der Waals surface area contributed by atoms with Gasteiger partial charge in [-0.1, -0.05) is 46.4 Å². The highest BCUT2D eigenvalue weighted by Gasteiger charge is 2.10. The summed E-state index contributed by atoms with van der Waals surface area (Å²) >= 11 is 24.0. The Morgan fingerprint density at radius 2 is 1.61 bits per heavy atom. The van der Waals surface area contributed by atoms with E-state index >= 15 is 0 Å². The normalized spacial score (nSPS) is 10.6. The molecule has 1 aromatic carbocycles. The first-order valence-corrected chi connectivity index (χ1v) is 7.91. The molecule has 0 saturated carbocycles. The molecular weight excluding hydrogens is 378 g/mol. The largest absolute Gasteiger partial charge is 0.323 e. The molecule has 0 atom stereocenters. The summed E-state index contributed by atoms with van der Waals surface area (Å²) < 4.78 is 0. The standard InChI is InChI=1S/C15H8Cl4N4/c16-9-1-2-11(14(19)13(9)18)23-15-21-6-4-10(22-15)8-3-5-20-12(17)7-8/h1-7H,(H,21,22,23). The SMILES string of the molecule is Clc1cc(-c2ccnc(Nc3ccc(Cl)c(Cl)c3Cl)n2)ccn1. The summed E-state index contributed by atoms with van der Waals surface area (Å²) in [5.74, 6) is 0.371. The fraction of sp³-hybridized carbons (Fsp3) is 0. The summed E-state index contributed by atoms with van der Waals surface area (Å²) in [6.07, 6.45) is 3.24. The van der Waals surface area contributed by atoms with Crippen LogP contribution >= 0.6 is 46.4 Å². The molecular formula is C15H8Cl4N4. The van der Waals surface area contributed by atoms with Gasteiger partial charge in [-0.3, -0.25) is 0 Å². The molecule has 0 amide bonds. The first-order chi connectivity index (χ1) is 11.0. The molecule has 0 radical (unpaired) electrons. The lowest BCUT2D eigenvalue weighted by atomic mass is 10.2. The number of nitrogens with one attached hydrogen (secondary N) is 1. The van der Waals surface area contributed by atoms with Crippen LogP contribution in [0, 0.1) is 0 Å². The van der Waals surface area contributed by atoms with Crippen molar-refractivity contribution in [3.63, 3.8) is 0 Å². The van der Waals surface area contributed by atoms with Gasteiger partial charge in [-0.2, -0.15) is 0 Å². The van der Waals surface area contributed by atoms with Crippen LogP contribution in [0.2, 0.25) is 20.2 Å². The van der Waals surface area contributed by atoms with E-state index in [9.17, 15) is 0 Å². The minimum Gasteiger partial charge on any atom is -0.323 e. The van der Waals surface area contributed by atoms with Crippen LogP contribution in [0.15, 0.2) is 42.7 Å². The second-order valence-electron chi connectivity index (χ2n) is 4.48. The van der Waals surface area contributed by atoms with Gasteiger partial charge in [-0.05, 0) is 30.3 Å². The Balaban J connectivity index is 1.93. The van der Waals surface area contributed by atoms with E-state index in [-0.39, 0.29) is 5.02 Å².